The minimum Gasteiger partial charge on any atom is -0.491 e. The molecule has 1 aliphatic heterocycles. The van der Waals surface area contributed by atoms with Crippen LogP contribution in [-0.4, -0.2) is 78.7 Å². The zero-order valence-corrected chi connectivity index (χ0v) is 24.0. The second kappa shape index (κ2) is 18.4. The Bertz CT molecular complexity index is 1100. The van der Waals surface area contributed by atoms with Crippen LogP contribution >= 0.6 is 23.2 Å². The van der Waals surface area contributed by atoms with E-state index in [2.05, 4.69) is 15.2 Å². The van der Waals surface area contributed by atoms with E-state index in [-0.39, 0.29) is 25.9 Å². The Labute approximate surface area is 241 Å². The molecule has 0 radical (unpaired) electrons. The predicted octanol–water partition coefficient (Wildman–Crippen LogP) is 4.65. The van der Waals surface area contributed by atoms with E-state index in [9.17, 15) is 4.79 Å². The number of amides is 1. The van der Waals surface area contributed by atoms with Crippen LogP contribution in [0.15, 0.2) is 66.9 Å². The van der Waals surface area contributed by atoms with E-state index in [1.807, 2.05) is 67.3 Å². The fraction of sp³-hybridized carbons (Fsp3) is 0.379. The first-order valence-corrected chi connectivity index (χ1v) is 13.7. The minimum atomic E-state index is -0.0955. The molecule has 0 aliphatic carbocycles. The normalized spacial score (nSPS) is 12.9. The number of aromatic nitrogens is 1. The van der Waals surface area contributed by atoms with Gasteiger partial charge in [-0.25, -0.2) is 0 Å². The number of rotatable bonds is 8. The average Bonchev–Trinajstić information content (AvgIpc) is 2.96. The van der Waals surface area contributed by atoms with Crippen LogP contribution in [0.25, 0.3) is 0 Å². The highest BCUT2D eigenvalue weighted by Crippen LogP contribution is 2.30. The van der Waals surface area contributed by atoms with Crippen molar-refractivity contribution in [2.45, 2.75) is 20.3 Å². The van der Waals surface area contributed by atoms with Gasteiger partial charge >= 0.3 is 0 Å². The smallest absolute Gasteiger partial charge is 0.269 e. The molecule has 4 rings (SSSR count). The van der Waals surface area contributed by atoms with Crippen LogP contribution in [-0.2, 0) is 0 Å². The summed E-state index contributed by atoms with van der Waals surface area (Å²) in [5, 5.41) is 22.0. The monoisotopic (exact) mass is 576 g/mol. The van der Waals surface area contributed by atoms with Crippen LogP contribution in [0.4, 0.5) is 5.69 Å². The summed E-state index contributed by atoms with van der Waals surface area (Å²) in [6, 6.07) is 18.6. The van der Waals surface area contributed by atoms with Gasteiger partial charge in [0.25, 0.3) is 5.91 Å². The lowest BCUT2D eigenvalue weighted by atomic mass is 10.2. The number of halogens is 2. The van der Waals surface area contributed by atoms with Gasteiger partial charge in [0.1, 0.15) is 18.1 Å². The van der Waals surface area contributed by atoms with Gasteiger partial charge in [-0.2, -0.15) is 0 Å². The molecule has 212 valence electrons. The summed E-state index contributed by atoms with van der Waals surface area (Å²) in [5.74, 6) is 0.568. The highest BCUT2D eigenvalue weighted by molar-refractivity contribution is 6.33. The first-order chi connectivity index (χ1) is 18.9. The standard InChI is InChI=1S/C13H19ClN2O3.C10H14N2O.C6H5Cl/c14-12-9-11(19-8-7-17)1-2-13(12)16-5-3-15(10-18)4-6-16;1-3-6-11-10(13)9-5-4-8(2)7-12-9;7-6-4-2-1-3-5-6/h1-2,9,17-18H,3-8,10H2;4-5,7H,3,6H2,1-2H3,(H,11,13);1-5H. The molecule has 0 spiro atoms. The van der Waals surface area contributed by atoms with Gasteiger partial charge in [-0.1, -0.05) is 54.4 Å². The average molecular weight is 578 g/mol. The first-order valence-electron chi connectivity index (χ1n) is 12.9. The molecular weight excluding hydrogens is 539 g/mol. The van der Waals surface area contributed by atoms with Crippen LogP contribution in [0.5, 0.6) is 5.75 Å². The molecule has 3 N–H and O–H groups in total. The highest BCUT2D eigenvalue weighted by atomic mass is 35.5. The summed E-state index contributed by atoms with van der Waals surface area (Å²) < 4.78 is 5.32. The summed E-state index contributed by atoms with van der Waals surface area (Å²) in [6.45, 7) is 8.38. The molecule has 0 atom stereocenters. The number of nitrogens with one attached hydrogen (secondary N) is 1. The summed E-state index contributed by atoms with van der Waals surface area (Å²) in [5.41, 5.74) is 2.53. The molecule has 39 heavy (non-hydrogen) atoms. The number of hydrogen-bond donors (Lipinski definition) is 3. The molecular formula is C29H38Cl2N4O4. The Morgan fingerprint density at radius 1 is 1.03 bits per heavy atom. The summed E-state index contributed by atoms with van der Waals surface area (Å²) in [4.78, 5) is 19.5. The molecule has 3 aromatic rings. The predicted molar refractivity (Wildman–Crippen MR) is 158 cm³/mol. The minimum absolute atomic E-state index is 0.0114. The van der Waals surface area contributed by atoms with Crippen molar-refractivity contribution >= 4 is 34.8 Å². The SMILES string of the molecule is CCCNC(=O)c1ccc(C)cn1.Clc1ccccc1.OCCOc1ccc(N2CCN(CO)CC2)c(Cl)c1. The second-order valence-corrected chi connectivity index (χ2v) is 9.55. The van der Waals surface area contributed by atoms with Crippen molar-refractivity contribution in [2.75, 3.05) is 57.6 Å². The van der Waals surface area contributed by atoms with Crippen molar-refractivity contribution in [3.8, 4) is 5.75 Å². The Morgan fingerprint density at radius 2 is 1.74 bits per heavy atom. The van der Waals surface area contributed by atoms with E-state index in [1.165, 1.54) is 0 Å². The van der Waals surface area contributed by atoms with E-state index in [0.717, 1.165) is 48.9 Å². The van der Waals surface area contributed by atoms with Crippen LogP contribution in [0.3, 0.4) is 0 Å². The molecule has 2 aromatic carbocycles. The third-order valence-corrected chi connectivity index (χ3v) is 6.16. The number of hydrogen-bond acceptors (Lipinski definition) is 7. The van der Waals surface area contributed by atoms with Crippen LogP contribution in [0, 0.1) is 6.92 Å². The van der Waals surface area contributed by atoms with Crippen molar-refractivity contribution in [3.63, 3.8) is 0 Å². The topological polar surface area (TPSA) is 98.2 Å². The van der Waals surface area contributed by atoms with Gasteiger partial charge < -0.3 is 25.2 Å². The third-order valence-electron chi connectivity index (χ3n) is 5.60. The molecule has 1 aliphatic rings. The molecule has 0 saturated carbocycles. The van der Waals surface area contributed by atoms with Crippen LogP contribution < -0.4 is 15.0 Å². The third kappa shape index (κ3) is 12.2. The van der Waals surface area contributed by atoms with Crippen molar-refractivity contribution in [1.82, 2.24) is 15.2 Å². The van der Waals surface area contributed by atoms with Crippen molar-refractivity contribution < 1.29 is 19.7 Å². The lowest BCUT2D eigenvalue weighted by Crippen LogP contribution is -2.46. The molecule has 1 saturated heterocycles. The number of benzene rings is 2. The number of pyridine rings is 1. The maximum absolute atomic E-state index is 11.3. The zero-order chi connectivity index (χ0) is 28.5. The molecule has 8 nitrogen and oxygen atoms in total. The second-order valence-electron chi connectivity index (χ2n) is 8.70. The van der Waals surface area contributed by atoms with Crippen LogP contribution in [0.2, 0.25) is 10.0 Å². The molecule has 10 heteroatoms. The summed E-state index contributed by atoms with van der Waals surface area (Å²) >= 11 is 11.8. The maximum atomic E-state index is 11.3. The quantitative estimate of drug-likeness (QED) is 0.359. The van der Waals surface area contributed by atoms with Gasteiger partial charge in [-0.05, 0) is 49.2 Å². The lowest BCUT2D eigenvalue weighted by molar-refractivity contribution is 0.0948. The van der Waals surface area contributed by atoms with Crippen molar-refractivity contribution in [2.24, 2.45) is 0 Å². The number of nitrogens with zero attached hydrogens (tertiary/aromatic N) is 3. The summed E-state index contributed by atoms with van der Waals surface area (Å²) in [6.07, 6.45) is 2.64. The first kappa shape index (κ1) is 32.3. The molecule has 1 aromatic heterocycles. The Hall–Kier alpha value is -2.88. The fourth-order valence-corrected chi connectivity index (χ4v) is 3.91. The molecule has 0 bridgehead atoms. The number of aliphatic hydroxyl groups is 2. The van der Waals surface area contributed by atoms with E-state index in [0.29, 0.717) is 23.0 Å². The highest BCUT2D eigenvalue weighted by Gasteiger charge is 2.18. The number of aliphatic hydroxyl groups excluding tert-OH is 2. The largest absolute Gasteiger partial charge is 0.491 e. The van der Waals surface area contributed by atoms with Gasteiger partial charge in [-0.3, -0.25) is 14.7 Å². The van der Waals surface area contributed by atoms with Crippen molar-refractivity contribution in [3.05, 3.63) is 88.2 Å². The van der Waals surface area contributed by atoms with Crippen molar-refractivity contribution in [1.29, 1.82) is 0 Å². The Morgan fingerprint density at radius 3 is 2.26 bits per heavy atom. The molecule has 1 fully saturated rings. The van der Waals surface area contributed by atoms with E-state index in [4.69, 9.17) is 38.2 Å². The fourth-order valence-electron chi connectivity index (χ4n) is 3.47. The van der Waals surface area contributed by atoms with E-state index >= 15 is 0 Å². The molecule has 1 amide bonds. The number of ether oxygens (including phenoxy) is 1. The number of carbonyl (C=O) groups excluding carboxylic acids is 1. The Balaban J connectivity index is 0.000000229. The van der Waals surface area contributed by atoms with E-state index in [1.54, 1.807) is 18.3 Å². The van der Waals surface area contributed by atoms with Gasteiger partial charge in [0.05, 0.1) is 24.0 Å². The number of piperazine rings is 1. The van der Waals surface area contributed by atoms with Gasteiger partial charge in [0, 0.05) is 50.0 Å². The summed E-state index contributed by atoms with van der Waals surface area (Å²) in [7, 11) is 0. The zero-order valence-electron chi connectivity index (χ0n) is 22.5. The number of aryl methyl sites for hydroxylation is 1. The number of carbonyl (C=O) groups is 1. The number of anilines is 1. The van der Waals surface area contributed by atoms with Crippen LogP contribution in [0.1, 0.15) is 29.4 Å². The van der Waals surface area contributed by atoms with E-state index < -0.39 is 0 Å². The van der Waals surface area contributed by atoms with Gasteiger partial charge in [0.2, 0.25) is 0 Å². The van der Waals surface area contributed by atoms with Gasteiger partial charge in [-0.15, -0.1) is 0 Å². The maximum Gasteiger partial charge on any atom is 0.269 e. The molecule has 2 heterocycles. The Kier molecular flexibility index (Phi) is 15.3. The molecule has 0 unspecified atom stereocenters. The van der Waals surface area contributed by atoms with Gasteiger partial charge in [0.15, 0.2) is 0 Å². The lowest BCUT2D eigenvalue weighted by Gasteiger charge is -2.35.